The number of methoxy groups -OCH3 is 1. The Kier molecular flexibility index (Phi) is 3.94. The van der Waals surface area contributed by atoms with Gasteiger partial charge in [-0.2, -0.15) is 0 Å². The Labute approximate surface area is 120 Å². The highest BCUT2D eigenvalue weighted by atomic mass is 16.5. The first-order valence-corrected chi connectivity index (χ1v) is 7.51. The lowest BCUT2D eigenvalue weighted by Crippen LogP contribution is -2.38. The van der Waals surface area contributed by atoms with Crippen molar-refractivity contribution in [2.45, 2.75) is 50.9 Å². The molecule has 0 aliphatic carbocycles. The summed E-state index contributed by atoms with van der Waals surface area (Å²) < 4.78 is 13.4. The van der Waals surface area contributed by atoms with E-state index < -0.39 is 0 Å². The minimum atomic E-state index is 0.104. The molecule has 2 fully saturated rings. The van der Waals surface area contributed by atoms with Gasteiger partial charge in [0.25, 0.3) is 0 Å². The van der Waals surface area contributed by atoms with Crippen LogP contribution in [0.5, 0.6) is 0 Å². The average molecular weight is 280 g/mol. The Morgan fingerprint density at radius 1 is 1.15 bits per heavy atom. The Morgan fingerprint density at radius 3 is 2.50 bits per heavy atom. The molecule has 1 aromatic heterocycles. The molecule has 2 atom stereocenters. The molecule has 2 saturated heterocycles. The number of aromatic nitrogens is 3. The standard InChI is InChI=1S/C14H24N4O2/c1-10-4-5-12(20-10)13-15-16-14(17(13)2)18-8-6-11(19-3)7-9-18/h10-12H,4-9H2,1-3H3/t10-,12-/m0/s1. The van der Waals surface area contributed by atoms with Crippen LogP contribution in [0.25, 0.3) is 0 Å². The van der Waals surface area contributed by atoms with Crippen LogP contribution in [-0.2, 0) is 16.5 Å². The quantitative estimate of drug-likeness (QED) is 0.843. The van der Waals surface area contributed by atoms with E-state index in [0.717, 1.165) is 50.5 Å². The highest BCUT2D eigenvalue weighted by molar-refractivity contribution is 5.32. The van der Waals surface area contributed by atoms with E-state index in [1.807, 2.05) is 7.05 Å². The molecule has 2 aliphatic rings. The smallest absolute Gasteiger partial charge is 0.227 e. The molecule has 6 nitrogen and oxygen atoms in total. The van der Waals surface area contributed by atoms with Crippen LogP contribution in [-0.4, -0.2) is 47.2 Å². The summed E-state index contributed by atoms with van der Waals surface area (Å²) in [5, 5.41) is 8.74. The van der Waals surface area contributed by atoms with Gasteiger partial charge in [-0.15, -0.1) is 10.2 Å². The summed E-state index contributed by atoms with van der Waals surface area (Å²) in [6.45, 7) is 4.08. The van der Waals surface area contributed by atoms with Gasteiger partial charge in [0.15, 0.2) is 5.82 Å². The largest absolute Gasteiger partial charge is 0.381 e. The Balaban J connectivity index is 1.71. The molecule has 112 valence electrons. The van der Waals surface area contributed by atoms with Gasteiger partial charge >= 0.3 is 0 Å². The van der Waals surface area contributed by atoms with E-state index in [0.29, 0.717) is 12.2 Å². The molecular weight excluding hydrogens is 256 g/mol. The molecule has 1 aromatic rings. The molecule has 2 aliphatic heterocycles. The fourth-order valence-corrected chi connectivity index (χ4v) is 3.17. The van der Waals surface area contributed by atoms with Gasteiger partial charge in [-0.25, -0.2) is 0 Å². The first kappa shape index (κ1) is 13.8. The van der Waals surface area contributed by atoms with Crippen LogP contribution in [0.2, 0.25) is 0 Å². The fraction of sp³-hybridized carbons (Fsp3) is 0.857. The Hall–Kier alpha value is -1.14. The highest BCUT2D eigenvalue weighted by Gasteiger charge is 2.30. The number of ether oxygens (including phenoxy) is 2. The molecule has 6 heteroatoms. The normalized spacial score (nSPS) is 28.2. The molecule has 0 unspecified atom stereocenters. The molecule has 0 radical (unpaired) electrons. The SMILES string of the molecule is COC1CCN(c2nnc([C@@H]3CC[C@H](C)O3)n2C)CC1. The van der Waals surface area contributed by atoms with Gasteiger partial charge in [-0.3, -0.25) is 4.57 Å². The molecule has 0 amide bonds. The van der Waals surface area contributed by atoms with Crippen molar-refractivity contribution >= 4 is 5.95 Å². The number of piperidine rings is 1. The zero-order chi connectivity index (χ0) is 14.1. The van der Waals surface area contributed by atoms with E-state index in [2.05, 4.69) is 26.6 Å². The van der Waals surface area contributed by atoms with Gasteiger partial charge in [0.05, 0.1) is 12.2 Å². The topological polar surface area (TPSA) is 52.4 Å². The molecule has 0 bridgehead atoms. The average Bonchev–Trinajstić information content (AvgIpc) is 3.05. The van der Waals surface area contributed by atoms with Crippen molar-refractivity contribution in [3.05, 3.63) is 5.82 Å². The number of hydrogen-bond acceptors (Lipinski definition) is 5. The predicted molar refractivity (Wildman–Crippen MR) is 75.8 cm³/mol. The third-order valence-electron chi connectivity index (χ3n) is 4.46. The van der Waals surface area contributed by atoms with Crippen molar-refractivity contribution in [1.82, 2.24) is 14.8 Å². The lowest BCUT2D eigenvalue weighted by Gasteiger charge is -2.31. The van der Waals surface area contributed by atoms with Gasteiger partial charge in [0.2, 0.25) is 5.95 Å². The van der Waals surface area contributed by atoms with Crippen molar-refractivity contribution < 1.29 is 9.47 Å². The first-order chi connectivity index (χ1) is 9.69. The van der Waals surface area contributed by atoms with Crippen LogP contribution in [0, 0.1) is 0 Å². The Morgan fingerprint density at radius 2 is 1.90 bits per heavy atom. The van der Waals surface area contributed by atoms with Crippen molar-refractivity contribution in [2.75, 3.05) is 25.1 Å². The van der Waals surface area contributed by atoms with E-state index in [-0.39, 0.29) is 6.10 Å². The Bertz CT molecular complexity index is 454. The summed E-state index contributed by atoms with van der Waals surface area (Å²) in [6.07, 6.45) is 5.07. The van der Waals surface area contributed by atoms with E-state index in [1.54, 1.807) is 7.11 Å². The van der Waals surface area contributed by atoms with Crippen LogP contribution >= 0.6 is 0 Å². The second-order valence-corrected chi connectivity index (χ2v) is 5.85. The molecule has 3 heterocycles. The van der Waals surface area contributed by atoms with E-state index in [1.165, 1.54) is 0 Å². The molecule has 3 rings (SSSR count). The van der Waals surface area contributed by atoms with Crippen LogP contribution in [0.3, 0.4) is 0 Å². The molecule has 0 saturated carbocycles. The zero-order valence-electron chi connectivity index (χ0n) is 12.6. The van der Waals surface area contributed by atoms with Crippen LogP contribution in [0.15, 0.2) is 0 Å². The number of nitrogens with zero attached hydrogens (tertiary/aromatic N) is 4. The minimum absolute atomic E-state index is 0.104. The highest BCUT2D eigenvalue weighted by Crippen LogP contribution is 2.32. The summed E-state index contributed by atoms with van der Waals surface area (Å²) >= 11 is 0. The van der Waals surface area contributed by atoms with Crippen LogP contribution < -0.4 is 4.90 Å². The molecule has 20 heavy (non-hydrogen) atoms. The predicted octanol–water partition coefficient (Wildman–Crippen LogP) is 1.67. The lowest BCUT2D eigenvalue weighted by atomic mass is 10.1. The monoisotopic (exact) mass is 280 g/mol. The summed E-state index contributed by atoms with van der Waals surface area (Å²) in [5.41, 5.74) is 0. The third-order valence-corrected chi connectivity index (χ3v) is 4.46. The van der Waals surface area contributed by atoms with Gasteiger partial charge in [-0.05, 0) is 32.6 Å². The minimum Gasteiger partial charge on any atom is -0.381 e. The van der Waals surface area contributed by atoms with Crippen molar-refractivity contribution in [2.24, 2.45) is 7.05 Å². The lowest BCUT2D eigenvalue weighted by molar-refractivity contribution is 0.0485. The number of anilines is 1. The second kappa shape index (κ2) is 5.69. The zero-order valence-corrected chi connectivity index (χ0v) is 12.6. The first-order valence-electron chi connectivity index (χ1n) is 7.51. The van der Waals surface area contributed by atoms with Crippen molar-refractivity contribution in [1.29, 1.82) is 0 Å². The van der Waals surface area contributed by atoms with E-state index in [4.69, 9.17) is 9.47 Å². The van der Waals surface area contributed by atoms with Crippen LogP contribution in [0.4, 0.5) is 5.95 Å². The van der Waals surface area contributed by atoms with Gasteiger partial charge in [0.1, 0.15) is 6.10 Å². The second-order valence-electron chi connectivity index (χ2n) is 5.85. The fourth-order valence-electron chi connectivity index (χ4n) is 3.17. The number of rotatable bonds is 3. The van der Waals surface area contributed by atoms with Crippen LogP contribution in [0.1, 0.15) is 44.5 Å². The van der Waals surface area contributed by atoms with E-state index >= 15 is 0 Å². The summed E-state index contributed by atoms with van der Waals surface area (Å²) in [5.74, 6) is 1.91. The third kappa shape index (κ3) is 2.54. The summed E-state index contributed by atoms with van der Waals surface area (Å²) in [4.78, 5) is 2.30. The molecule has 0 N–H and O–H groups in total. The van der Waals surface area contributed by atoms with Gasteiger partial charge in [0, 0.05) is 27.2 Å². The van der Waals surface area contributed by atoms with E-state index in [9.17, 15) is 0 Å². The maximum atomic E-state index is 5.90. The molecular formula is C14H24N4O2. The summed E-state index contributed by atoms with van der Waals surface area (Å²) in [6, 6.07) is 0. The molecule has 0 spiro atoms. The maximum absolute atomic E-state index is 5.90. The molecule has 0 aromatic carbocycles. The number of hydrogen-bond donors (Lipinski definition) is 0. The summed E-state index contributed by atoms with van der Waals surface area (Å²) in [7, 11) is 3.83. The van der Waals surface area contributed by atoms with Gasteiger partial charge in [-0.1, -0.05) is 0 Å². The maximum Gasteiger partial charge on any atom is 0.227 e. The van der Waals surface area contributed by atoms with Crippen molar-refractivity contribution in [3.8, 4) is 0 Å². The van der Waals surface area contributed by atoms with Crippen molar-refractivity contribution in [3.63, 3.8) is 0 Å². The van der Waals surface area contributed by atoms with Gasteiger partial charge < -0.3 is 14.4 Å².